The van der Waals surface area contributed by atoms with Crippen molar-refractivity contribution in [3.05, 3.63) is 0 Å². The van der Waals surface area contributed by atoms with E-state index in [-0.39, 0.29) is 17.8 Å². The van der Waals surface area contributed by atoms with Crippen molar-refractivity contribution in [2.45, 2.75) is 6.92 Å². The Labute approximate surface area is 80.3 Å². The number of amides is 1. The normalized spacial score (nSPS) is 9.29. The molecule has 8 nitrogen and oxygen atoms in total. The number of aromatic nitrogens is 3. The summed E-state index contributed by atoms with van der Waals surface area (Å²) in [5.41, 5.74) is 10.2. The van der Waals surface area contributed by atoms with E-state index >= 15 is 0 Å². The third-order valence-electron chi connectivity index (χ3n) is 1.23. The number of anilines is 3. The molecule has 0 aliphatic carbocycles. The van der Waals surface area contributed by atoms with Crippen molar-refractivity contribution in [3.8, 4) is 0 Å². The third kappa shape index (κ3) is 2.73. The molecule has 0 saturated carbocycles. The van der Waals surface area contributed by atoms with E-state index < -0.39 is 0 Å². The average molecular weight is 197 g/mol. The molecule has 0 atom stereocenters. The predicted molar refractivity (Wildman–Crippen MR) is 51.2 cm³/mol. The van der Waals surface area contributed by atoms with Gasteiger partial charge in [-0.2, -0.15) is 15.0 Å². The summed E-state index contributed by atoms with van der Waals surface area (Å²) in [4.78, 5) is 22.0. The summed E-state index contributed by atoms with van der Waals surface area (Å²) in [5.74, 6) is 0.314. The second kappa shape index (κ2) is 4.21. The number of hydrazine groups is 1. The Kier molecular flexibility index (Phi) is 3.00. The molecule has 1 amide bonds. The number of hydrogen-bond donors (Lipinski definition) is 4. The maximum atomic E-state index is 10.6. The maximum Gasteiger partial charge on any atom is 0.248 e. The van der Waals surface area contributed by atoms with E-state index in [1.807, 2.05) is 0 Å². The number of nitrogens with zero attached hydrogens (tertiary/aromatic N) is 3. The van der Waals surface area contributed by atoms with Crippen molar-refractivity contribution in [1.29, 1.82) is 0 Å². The molecular formula is C6H11N7O. The molecule has 0 aliphatic rings. The lowest BCUT2D eigenvalue weighted by molar-refractivity contribution is -0.118. The highest BCUT2D eigenvalue weighted by Gasteiger charge is 2.02. The quantitative estimate of drug-likeness (QED) is 0.457. The molecule has 0 bridgehead atoms. The fourth-order valence-electron chi connectivity index (χ4n) is 0.704. The second-order valence-corrected chi connectivity index (χ2v) is 2.40. The highest BCUT2D eigenvalue weighted by Crippen LogP contribution is 2.04. The highest BCUT2D eigenvalue weighted by atomic mass is 16.2. The fraction of sp³-hybridized carbons (Fsp3) is 0.333. The Morgan fingerprint density at radius 3 is 2.50 bits per heavy atom. The summed E-state index contributed by atoms with van der Waals surface area (Å²) < 4.78 is 0. The molecule has 0 radical (unpaired) electrons. The molecule has 5 N–H and O–H groups in total. The Morgan fingerprint density at radius 1 is 1.29 bits per heavy atom. The molecule has 76 valence electrons. The summed E-state index contributed by atoms with van der Waals surface area (Å²) in [6.45, 7) is 1.36. The zero-order valence-corrected chi connectivity index (χ0v) is 7.83. The van der Waals surface area contributed by atoms with E-state index in [9.17, 15) is 4.79 Å². The van der Waals surface area contributed by atoms with Crippen LogP contribution in [0.2, 0.25) is 0 Å². The van der Waals surface area contributed by atoms with Gasteiger partial charge in [0.2, 0.25) is 23.8 Å². The minimum absolute atomic E-state index is 0.0669. The summed E-state index contributed by atoms with van der Waals surface area (Å²) in [7, 11) is 1.65. The summed E-state index contributed by atoms with van der Waals surface area (Å²) in [6, 6.07) is 0. The van der Waals surface area contributed by atoms with Gasteiger partial charge in [-0.3, -0.25) is 15.6 Å². The fourth-order valence-corrected chi connectivity index (χ4v) is 0.704. The Morgan fingerprint density at radius 2 is 1.93 bits per heavy atom. The standard InChI is InChI=1S/C6H11N7O/c1-3(14)12-13-6-10-4(7)9-5(8-2)11-6/h1-2H3,(H,12,14)(H4,7,8,9,10,11,13). The first-order valence-electron chi connectivity index (χ1n) is 3.83. The van der Waals surface area contributed by atoms with Gasteiger partial charge in [0.25, 0.3) is 0 Å². The van der Waals surface area contributed by atoms with Gasteiger partial charge in [-0.25, -0.2) is 0 Å². The van der Waals surface area contributed by atoms with Crippen LogP contribution in [0.1, 0.15) is 6.92 Å². The van der Waals surface area contributed by atoms with Crippen molar-refractivity contribution in [1.82, 2.24) is 20.4 Å². The Balaban J connectivity index is 2.76. The molecular weight excluding hydrogens is 186 g/mol. The van der Waals surface area contributed by atoms with Crippen LogP contribution in [0.25, 0.3) is 0 Å². The first-order valence-corrected chi connectivity index (χ1v) is 3.83. The van der Waals surface area contributed by atoms with Gasteiger partial charge < -0.3 is 11.1 Å². The Bertz CT molecular complexity index is 339. The van der Waals surface area contributed by atoms with Crippen LogP contribution in [0.4, 0.5) is 17.8 Å². The van der Waals surface area contributed by atoms with E-state index in [0.29, 0.717) is 5.95 Å². The average Bonchev–Trinajstić information content (AvgIpc) is 2.14. The van der Waals surface area contributed by atoms with E-state index in [2.05, 4.69) is 31.1 Å². The zero-order chi connectivity index (χ0) is 10.6. The first kappa shape index (κ1) is 9.96. The highest BCUT2D eigenvalue weighted by molar-refractivity contribution is 5.74. The number of carbonyl (C=O) groups excluding carboxylic acids is 1. The second-order valence-electron chi connectivity index (χ2n) is 2.40. The van der Waals surface area contributed by atoms with Gasteiger partial charge in [0, 0.05) is 14.0 Å². The number of rotatable bonds is 3. The van der Waals surface area contributed by atoms with Crippen molar-refractivity contribution in [2.75, 3.05) is 23.5 Å². The molecule has 1 heterocycles. The molecule has 0 unspecified atom stereocenters. The van der Waals surface area contributed by atoms with E-state index in [1.165, 1.54) is 6.92 Å². The van der Waals surface area contributed by atoms with E-state index in [4.69, 9.17) is 5.73 Å². The summed E-state index contributed by atoms with van der Waals surface area (Å²) in [6.07, 6.45) is 0. The minimum Gasteiger partial charge on any atom is -0.368 e. The van der Waals surface area contributed by atoms with Crippen molar-refractivity contribution >= 4 is 23.8 Å². The van der Waals surface area contributed by atoms with Crippen LogP contribution < -0.4 is 21.9 Å². The SMILES string of the molecule is CNc1nc(N)nc(NNC(C)=O)n1. The van der Waals surface area contributed by atoms with Crippen molar-refractivity contribution < 1.29 is 4.79 Å². The van der Waals surface area contributed by atoms with Crippen molar-refractivity contribution in [3.63, 3.8) is 0 Å². The van der Waals surface area contributed by atoms with Crippen LogP contribution in [-0.2, 0) is 4.79 Å². The minimum atomic E-state index is -0.255. The number of nitrogens with two attached hydrogens (primary N) is 1. The summed E-state index contributed by atoms with van der Waals surface area (Å²) >= 11 is 0. The topological polar surface area (TPSA) is 118 Å². The van der Waals surface area contributed by atoms with Gasteiger partial charge in [-0.05, 0) is 0 Å². The lowest BCUT2D eigenvalue weighted by atomic mass is 10.7. The van der Waals surface area contributed by atoms with E-state index in [0.717, 1.165) is 0 Å². The first-order chi connectivity index (χ1) is 6.61. The van der Waals surface area contributed by atoms with Crippen LogP contribution >= 0.6 is 0 Å². The number of nitrogen functional groups attached to an aromatic ring is 1. The van der Waals surface area contributed by atoms with Crippen LogP contribution in [0.15, 0.2) is 0 Å². The number of hydrogen-bond acceptors (Lipinski definition) is 7. The lowest BCUT2D eigenvalue weighted by Gasteiger charge is -2.06. The molecule has 0 fully saturated rings. The van der Waals surface area contributed by atoms with Gasteiger partial charge in [-0.1, -0.05) is 0 Å². The Hall–Kier alpha value is -2.12. The van der Waals surface area contributed by atoms with Crippen LogP contribution in [0.5, 0.6) is 0 Å². The van der Waals surface area contributed by atoms with Gasteiger partial charge in [0.1, 0.15) is 0 Å². The summed E-state index contributed by atoms with van der Waals surface area (Å²) in [5, 5.41) is 2.70. The number of nitrogens with one attached hydrogen (secondary N) is 3. The molecule has 0 aliphatic heterocycles. The van der Waals surface area contributed by atoms with Gasteiger partial charge in [-0.15, -0.1) is 0 Å². The van der Waals surface area contributed by atoms with Crippen LogP contribution in [0, 0.1) is 0 Å². The molecule has 0 aromatic carbocycles. The lowest BCUT2D eigenvalue weighted by Crippen LogP contribution is -2.28. The zero-order valence-electron chi connectivity index (χ0n) is 7.83. The molecule has 1 rings (SSSR count). The predicted octanol–water partition coefficient (Wildman–Crippen LogP) is -1.04. The monoisotopic (exact) mass is 197 g/mol. The number of carbonyl (C=O) groups is 1. The molecule has 1 aromatic heterocycles. The molecule has 1 aromatic rings. The largest absolute Gasteiger partial charge is 0.368 e. The van der Waals surface area contributed by atoms with Crippen molar-refractivity contribution in [2.24, 2.45) is 0 Å². The van der Waals surface area contributed by atoms with Crippen LogP contribution in [0.3, 0.4) is 0 Å². The molecule has 14 heavy (non-hydrogen) atoms. The molecule has 0 spiro atoms. The molecule has 8 heteroatoms. The van der Waals surface area contributed by atoms with Crippen LogP contribution in [-0.4, -0.2) is 27.9 Å². The van der Waals surface area contributed by atoms with Gasteiger partial charge >= 0.3 is 0 Å². The maximum absolute atomic E-state index is 10.6. The third-order valence-corrected chi connectivity index (χ3v) is 1.23. The van der Waals surface area contributed by atoms with Gasteiger partial charge in [0.05, 0.1) is 0 Å². The van der Waals surface area contributed by atoms with Gasteiger partial charge in [0.15, 0.2) is 0 Å². The smallest absolute Gasteiger partial charge is 0.248 e. The molecule has 0 saturated heterocycles. The van der Waals surface area contributed by atoms with E-state index in [1.54, 1.807) is 7.05 Å².